The Hall–Kier alpha value is -3.48. The number of fused-ring (bicyclic) bond motifs is 1. The van der Waals surface area contributed by atoms with Crippen LogP contribution in [-0.4, -0.2) is 36.7 Å². The SMILES string of the molecule is CCOC(=O)c1cccc(NC(=O)CN2C(=O)C(=O)c3ccccc32)c1. The number of para-hydroxylation sites is 1. The van der Waals surface area contributed by atoms with Crippen LogP contribution < -0.4 is 10.2 Å². The van der Waals surface area contributed by atoms with E-state index in [-0.39, 0.29) is 18.7 Å². The highest BCUT2D eigenvalue weighted by molar-refractivity contribution is 6.52. The van der Waals surface area contributed by atoms with Crippen LogP contribution >= 0.6 is 0 Å². The van der Waals surface area contributed by atoms with Crippen molar-refractivity contribution < 1.29 is 23.9 Å². The molecule has 1 aliphatic rings. The second kappa shape index (κ2) is 7.18. The number of benzene rings is 2. The van der Waals surface area contributed by atoms with Crippen molar-refractivity contribution in [3.8, 4) is 0 Å². The predicted molar refractivity (Wildman–Crippen MR) is 94.2 cm³/mol. The maximum atomic E-state index is 12.3. The highest BCUT2D eigenvalue weighted by Gasteiger charge is 2.36. The molecule has 1 heterocycles. The summed E-state index contributed by atoms with van der Waals surface area (Å²) in [6.45, 7) is 1.65. The Labute approximate surface area is 149 Å². The second-order valence-electron chi connectivity index (χ2n) is 5.59. The monoisotopic (exact) mass is 352 g/mol. The zero-order chi connectivity index (χ0) is 18.7. The molecule has 0 aliphatic carbocycles. The molecule has 2 aromatic carbocycles. The van der Waals surface area contributed by atoms with E-state index in [2.05, 4.69) is 5.32 Å². The first kappa shape index (κ1) is 17.3. The predicted octanol–water partition coefficient (Wildman–Crippen LogP) is 2.03. The Bertz CT molecular complexity index is 906. The van der Waals surface area contributed by atoms with E-state index in [9.17, 15) is 19.2 Å². The van der Waals surface area contributed by atoms with Gasteiger partial charge in [-0.2, -0.15) is 0 Å². The lowest BCUT2D eigenvalue weighted by Gasteiger charge is -2.16. The molecule has 2 aromatic rings. The van der Waals surface area contributed by atoms with Crippen molar-refractivity contribution in [3.05, 3.63) is 59.7 Å². The first-order valence-electron chi connectivity index (χ1n) is 8.03. The fourth-order valence-corrected chi connectivity index (χ4v) is 2.69. The second-order valence-corrected chi connectivity index (χ2v) is 5.59. The van der Waals surface area contributed by atoms with Crippen LogP contribution in [-0.2, 0) is 14.3 Å². The number of Topliss-reactive ketones (excluding diaryl/α,β-unsaturated/α-hetero) is 1. The van der Waals surface area contributed by atoms with Gasteiger partial charge in [-0.25, -0.2) is 4.79 Å². The van der Waals surface area contributed by atoms with Gasteiger partial charge >= 0.3 is 5.97 Å². The van der Waals surface area contributed by atoms with Crippen molar-refractivity contribution in [1.29, 1.82) is 0 Å². The molecule has 26 heavy (non-hydrogen) atoms. The van der Waals surface area contributed by atoms with E-state index in [1.165, 1.54) is 6.07 Å². The number of ketones is 1. The topological polar surface area (TPSA) is 92.8 Å². The molecular weight excluding hydrogens is 336 g/mol. The Balaban J connectivity index is 1.72. The number of anilines is 2. The highest BCUT2D eigenvalue weighted by Crippen LogP contribution is 2.28. The van der Waals surface area contributed by atoms with E-state index >= 15 is 0 Å². The molecule has 0 saturated carbocycles. The average Bonchev–Trinajstić information content (AvgIpc) is 2.87. The number of carbonyl (C=O) groups is 4. The van der Waals surface area contributed by atoms with E-state index in [4.69, 9.17) is 4.74 Å². The third-order valence-corrected chi connectivity index (χ3v) is 3.84. The molecular formula is C19H16N2O5. The summed E-state index contributed by atoms with van der Waals surface area (Å²) < 4.78 is 4.92. The summed E-state index contributed by atoms with van der Waals surface area (Å²) in [5.41, 5.74) is 1.40. The van der Waals surface area contributed by atoms with E-state index < -0.39 is 23.6 Å². The summed E-state index contributed by atoms with van der Waals surface area (Å²) in [7, 11) is 0. The van der Waals surface area contributed by atoms with Crippen LogP contribution in [0, 0.1) is 0 Å². The normalized spacial score (nSPS) is 12.7. The summed E-state index contributed by atoms with van der Waals surface area (Å²) in [4.78, 5) is 49.3. The van der Waals surface area contributed by atoms with Gasteiger partial charge < -0.3 is 10.1 Å². The summed E-state index contributed by atoms with van der Waals surface area (Å²) in [6.07, 6.45) is 0. The van der Waals surface area contributed by atoms with Gasteiger partial charge in [-0.3, -0.25) is 19.3 Å². The van der Waals surface area contributed by atoms with Crippen LogP contribution in [0.1, 0.15) is 27.6 Å². The Kier molecular flexibility index (Phi) is 4.79. The summed E-state index contributed by atoms with van der Waals surface area (Å²) >= 11 is 0. The number of rotatable bonds is 5. The van der Waals surface area contributed by atoms with Crippen LogP contribution in [0.25, 0.3) is 0 Å². The first-order chi connectivity index (χ1) is 12.5. The van der Waals surface area contributed by atoms with Crippen molar-refractivity contribution >= 4 is 34.9 Å². The fourth-order valence-electron chi connectivity index (χ4n) is 2.69. The van der Waals surface area contributed by atoms with E-state index in [1.807, 2.05) is 0 Å². The molecule has 7 nitrogen and oxygen atoms in total. The number of nitrogens with zero attached hydrogens (tertiary/aromatic N) is 1. The third-order valence-electron chi connectivity index (χ3n) is 3.84. The minimum Gasteiger partial charge on any atom is -0.462 e. The average molecular weight is 352 g/mol. The summed E-state index contributed by atoms with van der Waals surface area (Å²) in [5, 5.41) is 2.62. The van der Waals surface area contributed by atoms with Gasteiger partial charge in [0.15, 0.2) is 0 Å². The maximum absolute atomic E-state index is 12.3. The molecule has 0 aromatic heterocycles. The molecule has 3 rings (SSSR count). The number of ether oxygens (including phenoxy) is 1. The van der Waals surface area contributed by atoms with Crippen LogP contribution in [0.3, 0.4) is 0 Å². The third kappa shape index (κ3) is 3.32. The van der Waals surface area contributed by atoms with Crippen LogP contribution in [0.5, 0.6) is 0 Å². The molecule has 0 spiro atoms. The molecule has 132 valence electrons. The molecule has 0 bridgehead atoms. The van der Waals surface area contributed by atoms with E-state index in [0.717, 1.165) is 4.90 Å². The van der Waals surface area contributed by atoms with Crippen molar-refractivity contribution in [1.82, 2.24) is 0 Å². The van der Waals surface area contributed by atoms with Gasteiger partial charge in [0.1, 0.15) is 6.54 Å². The molecule has 0 unspecified atom stereocenters. The number of hydrogen-bond donors (Lipinski definition) is 1. The van der Waals surface area contributed by atoms with Gasteiger partial charge in [-0.05, 0) is 37.3 Å². The van der Waals surface area contributed by atoms with Gasteiger partial charge in [0.25, 0.3) is 11.7 Å². The number of hydrogen-bond acceptors (Lipinski definition) is 5. The fraction of sp³-hybridized carbons (Fsp3) is 0.158. The van der Waals surface area contributed by atoms with Gasteiger partial charge in [0.05, 0.1) is 23.4 Å². The van der Waals surface area contributed by atoms with Crippen molar-refractivity contribution in [2.24, 2.45) is 0 Å². The van der Waals surface area contributed by atoms with Crippen LogP contribution in [0.4, 0.5) is 11.4 Å². The van der Waals surface area contributed by atoms with E-state index in [0.29, 0.717) is 16.9 Å². The highest BCUT2D eigenvalue weighted by atomic mass is 16.5. The standard InChI is InChI=1S/C19H16N2O5/c1-2-26-19(25)12-6-5-7-13(10-12)20-16(22)11-21-15-9-4-3-8-14(15)17(23)18(21)24/h3-10H,2,11H2,1H3,(H,20,22). The van der Waals surface area contributed by atoms with Crippen LogP contribution in [0.15, 0.2) is 48.5 Å². The van der Waals surface area contributed by atoms with Gasteiger partial charge in [0.2, 0.25) is 5.91 Å². The maximum Gasteiger partial charge on any atom is 0.338 e. The Morgan fingerprint density at radius 3 is 2.62 bits per heavy atom. The lowest BCUT2D eigenvalue weighted by molar-refractivity contribution is -0.118. The molecule has 0 atom stereocenters. The van der Waals surface area contributed by atoms with Gasteiger partial charge in [-0.1, -0.05) is 18.2 Å². The smallest absolute Gasteiger partial charge is 0.338 e. The van der Waals surface area contributed by atoms with Crippen LogP contribution in [0.2, 0.25) is 0 Å². The molecule has 7 heteroatoms. The first-order valence-corrected chi connectivity index (χ1v) is 8.03. The largest absolute Gasteiger partial charge is 0.462 e. The molecule has 1 N–H and O–H groups in total. The van der Waals surface area contributed by atoms with Gasteiger partial charge in [-0.15, -0.1) is 0 Å². The molecule has 2 amide bonds. The Morgan fingerprint density at radius 2 is 1.85 bits per heavy atom. The summed E-state index contributed by atoms with van der Waals surface area (Å²) in [5.74, 6) is -2.33. The Morgan fingerprint density at radius 1 is 1.08 bits per heavy atom. The minimum absolute atomic E-state index is 0.250. The number of esters is 1. The number of amides is 2. The molecule has 0 saturated heterocycles. The van der Waals surface area contributed by atoms with Gasteiger partial charge in [0, 0.05) is 5.69 Å². The molecule has 0 fully saturated rings. The quantitative estimate of drug-likeness (QED) is 0.656. The zero-order valence-electron chi connectivity index (χ0n) is 14.0. The van der Waals surface area contributed by atoms with Crippen molar-refractivity contribution in [3.63, 3.8) is 0 Å². The lowest BCUT2D eigenvalue weighted by Crippen LogP contribution is -2.37. The van der Waals surface area contributed by atoms with Crippen molar-refractivity contribution in [2.75, 3.05) is 23.4 Å². The molecule has 0 radical (unpaired) electrons. The lowest BCUT2D eigenvalue weighted by atomic mass is 10.1. The van der Waals surface area contributed by atoms with Crippen molar-refractivity contribution in [2.45, 2.75) is 6.92 Å². The molecule has 1 aliphatic heterocycles. The number of nitrogens with one attached hydrogen (secondary N) is 1. The zero-order valence-corrected chi connectivity index (χ0v) is 14.0. The number of carbonyl (C=O) groups excluding carboxylic acids is 4. The van der Waals surface area contributed by atoms with E-state index in [1.54, 1.807) is 49.4 Å². The summed E-state index contributed by atoms with van der Waals surface area (Å²) in [6, 6.07) is 12.8. The minimum atomic E-state index is -0.735.